The lowest BCUT2D eigenvalue weighted by atomic mass is 10.0. The summed E-state index contributed by atoms with van der Waals surface area (Å²) in [5, 5.41) is 2.20. The molecule has 1 atom stereocenters. The van der Waals surface area contributed by atoms with Crippen molar-refractivity contribution in [2.24, 2.45) is 0 Å². The highest BCUT2D eigenvalue weighted by Gasteiger charge is 2.40. The molecule has 0 bridgehead atoms. The first-order chi connectivity index (χ1) is 11.8. The molecule has 1 saturated heterocycles. The fourth-order valence-corrected chi connectivity index (χ4v) is 4.21. The van der Waals surface area contributed by atoms with Crippen molar-refractivity contribution in [3.63, 3.8) is 0 Å². The van der Waals surface area contributed by atoms with Crippen molar-refractivity contribution in [1.82, 2.24) is 14.9 Å². The lowest BCUT2D eigenvalue weighted by Gasteiger charge is -2.29. The van der Waals surface area contributed by atoms with Crippen LogP contribution in [0.25, 0.3) is 0 Å². The van der Waals surface area contributed by atoms with Gasteiger partial charge in [-0.3, -0.25) is 19.7 Å². The minimum atomic E-state index is -3.87. The van der Waals surface area contributed by atoms with E-state index in [4.69, 9.17) is 6.42 Å². The van der Waals surface area contributed by atoms with Gasteiger partial charge in [-0.15, -0.1) is 6.42 Å². The van der Waals surface area contributed by atoms with Gasteiger partial charge in [0.1, 0.15) is 6.04 Å². The lowest BCUT2D eigenvalue weighted by molar-refractivity contribution is -0.136. The number of hydrogen-bond donors (Lipinski definition) is 2. The molecule has 1 unspecified atom stereocenters. The van der Waals surface area contributed by atoms with Crippen LogP contribution in [0, 0.1) is 12.3 Å². The van der Waals surface area contributed by atoms with Crippen LogP contribution in [-0.2, 0) is 26.2 Å². The number of imide groups is 1. The van der Waals surface area contributed by atoms with Crippen molar-refractivity contribution >= 4 is 27.7 Å². The first-order valence-corrected chi connectivity index (χ1v) is 9.03. The van der Waals surface area contributed by atoms with Gasteiger partial charge in [0.05, 0.1) is 11.4 Å². The third-order valence-electron chi connectivity index (χ3n) is 4.19. The number of piperidine rings is 1. The minimum Gasteiger partial charge on any atom is -0.322 e. The van der Waals surface area contributed by atoms with Gasteiger partial charge in [-0.2, -0.15) is 4.72 Å². The molecule has 8 nitrogen and oxygen atoms in total. The fourth-order valence-electron chi connectivity index (χ4n) is 3.02. The Bertz CT molecular complexity index is 916. The van der Waals surface area contributed by atoms with Crippen molar-refractivity contribution in [2.75, 3.05) is 6.54 Å². The number of fused-ring (bicyclic) bond motifs is 1. The highest BCUT2D eigenvalue weighted by atomic mass is 32.2. The van der Waals surface area contributed by atoms with Crippen LogP contribution in [0.5, 0.6) is 0 Å². The molecular formula is C16H15N3O5S. The zero-order valence-corrected chi connectivity index (χ0v) is 13.9. The summed E-state index contributed by atoms with van der Waals surface area (Å²) >= 11 is 0. The molecule has 0 aromatic heterocycles. The third kappa shape index (κ3) is 3.01. The van der Waals surface area contributed by atoms with E-state index in [1.807, 2.05) is 0 Å². The standard InChI is InChI=1S/C16H15N3O5S/c1-2-8-17-25(23,24)13-5-3-4-10-11(13)9-19(16(10)22)12-6-7-14(20)18-15(12)21/h1,3-5,12,17H,6-9H2,(H,18,20,21). The van der Waals surface area contributed by atoms with Gasteiger partial charge in [0.15, 0.2) is 0 Å². The van der Waals surface area contributed by atoms with E-state index in [1.54, 1.807) is 0 Å². The van der Waals surface area contributed by atoms with Gasteiger partial charge < -0.3 is 4.90 Å². The summed E-state index contributed by atoms with van der Waals surface area (Å²) in [6.07, 6.45) is 5.42. The first-order valence-electron chi connectivity index (χ1n) is 7.55. The van der Waals surface area contributed by atoms with E-state index in [-0.39, 0.29) is 42.3 Å². The average molecular weight is 361 g/mol. The molecule has 1 fully saturated rings. The highest BCUT2D eigenvalue weighted by Crippen LogP contribution is 2.31. The number of carbonyl (C=O) groups excluding carboxylic acids is 3. The summed E-state index contributed by atoms with van der Waals surface area (Å²) in [6.45, 7) is -0.190. The molecular weight excluding hydrogens is 346 g/mol. The summed E-state index contributed by atoms with van der Waals surface area (Å²) in [6, 6.07) is 3.57. The molecule has 0 radical (unpaired) electrons. The number of benzene rings is 1. The van der Waals surface area contributed by atoms with E-state index in [0.29, 0.717) is 5.56 Å². The Kier molecular flexibility index (Phi) is 4.32. The van der Waals surface area contributed by atoms with Gasteiger partial charge in [0.2, 0.25) is 21.8 Å². The zero-order valence-electron chi connectivity index (χ0n) is 13.1. The van der Waals surface area contributed by atoms with Crippen LogP contribution in [0.3, 0.4) is 0 Å². The maximum absolute atomic E-state index is 12.6. The number of carbonyl (C=O) groups is 3. The van der Waals surface area contributed by atoms with Crippen LogP contribution in [-0.4, -0.2) is 43.6 Å². The number of nitrogens with one attached hydrogen (secondary N) is 2. The molecule has 25 heavy (non-hydrogen) atoms. The molecule has 2 N–H and O–H groups in total. The Labute approximate surface area is 144 Å². The molecule has 3 amide bonds. The average Bonchev–Trinajstić information content (AvgIpc) is 2.90. The first kappa shape index (κ1) is 17.1. The predicted molar refractivity (Wildman–Crippen MR) is 86.5 cm³/mol. The van der Waals surface area contributed by atoms with Crippen LogP contribution >= 0.6 is 0 Å². The van der Waals surface area contributed by atoms with Gasteiger partial charge in [-0.25, -0.2) is 8.42 Å². The van der Waals surface area contributed by atoms with Crippen LogP contribution in [0.4, 0.5) is 0 Å². The highest BCUT2D eigenvalue weighted by molar-refractivity contribution is 7.89. The van der Waals surface area contributed by atoms with Gasteiger partial charge in [-0.05, 0) is 18.6 Å². The van der Waals surface area contributed by atoms with E-state index in [1.165, 1.54) is 23.1 Å². The molecule has 0 spiro atoms. The maximum Gasteiger partial charge on any atom is 0.255 e. The Balaban J connectivity index is 1.94. The van der Waals surface area contributed by atoms with E-state index in [9.17, 15) is 22.8 Å². The van der Waals surface area contributed by atoms with Crippen molar-refractivity contribution in [3.8, 4) is 12.3 Å². The summed E-state index contributed by atoms with van der Waals surface area (Å²) < 4.78 is 27.0. The molecule has 1 aromatic carbocycles. The fraction of sp³-hybridized carbons (Fsp3) is 0.312. The Hall–Kier alpha value is -2.70. The quantitative estimate of drug-likeness (QED) is 0.547. The molecule has 0 aliphatic carbocycles. The second-order valence-electron chi connectivity index (χ2n) is 5.71. The Morgan fingerprint density at radius 3 is 2.76 bits per heavy atom. The molecule has 9 heteroatoms. The van der Waals surface area contributed by atoms with Crippen molar-refractivity contribution < 1.29 is 22.8 Å². The van der Waals surface area contributed by atoms with Crippen LogP contribution in [0.2, 0.25) is 0 Å². The van der Waals surface area contributed by atoms with E-state index in [0.717, 1.165) is 0 Å². The molecule has 0 saturated carbocycles. The molecule has 1 aromatic rings. The van der Waals surface area contributed by atoms with Crippen LogP contribution < -0.4 is 10.0 Å². The second kappa shape index (κ2) is 6.31. The number of terminal acetylenes is 1. The Morgan fingerprint density at radius 2 is 2.08 bits per heavy atom. The summed E-state index contributed by atoms with van der Waals surface area (Å²) in [5.74, 6) is 0.825. The summed E-state index contributed by atoms with van der Waals surface area (Å²) in [4.78, 5) is 37.2. The van der Waals surface area contributed by atoms with E-state index < -0.39 is 27.9 Å². The predicted octanol–water partition coefficient (Wildman–Crippen LogP) is -0.641. The molecule has 130 valence electrons. The number of sulfonamides is 1. The largest absolute Gasteiger partial charge is 0.322 e. The third-order valence-corrected chi connectivity index (χ3v) is 5.68. The summed E-state index contributed by atoms with van der Waals surface area (Å²) in [5.41, 5.74) is 0.551. The molecule has 2 heterocycles. The zero-order chi connectivity index (χ0) is 18.2. The number of amides is 3. The van der Waals surface area contributed by atoms with Crippen molar-refractivity contribution in [1.29, 1.82) is 0 Å². The minimum absolute atomic E-state index is 0.0203. The number of nitrogens with zero attached hydrogens (tertiary/aromatic N) is 1. The van der Waals surface area contributed by atoms with Gasteiger partial charge in [0.25, 0.3) is 5.91 Å². The number of hydrogen-bond acceptors (Lipinski definition) is 5. The molecule has 2 aliphatic rings. The van der Waals surface area contributed by atoms with Crippen LogP contribution in [0.1, 0.15) is 28.8 Å². The van der Waals surface area contributed by atoms with Crippen LogP contribution in [0.15, 0.2) is 23.1 Å². The van der Waals surface area contributed by atoms with E-state index >= 15 is 0 Å². The van der Waals surface area contributed by atoms with Gasteiger partial charge >= 0.3 is 0 Å². The molecule has 3 rings (SSSR count). The Morgan fingerprint density at radius 1 is 1.32 bits per heavy atom. The van der Waals surface area contributed by atoms with E-state index in [2.05, 4.69) is 16.0 Å². The van der Waals surface area contributed by atoms with Crippen molar-refractivity contribution in [2.45, 2.75) is 30.3 Å². The maximum atomic E-state index is 12.6. The lowest BCUT2D eigenvalue weighted by Crippen LogP contribution is -2.52. The SMILES string of the molecule is C#CCNS(=O)(=O)c1cccc2c1CN(C1CCC(=O)NC1=O)C2=O. The smallest absolute Gasteiger partial charge is 0.255 e. The normalized spacial score (nSPS) is 20.2. The topological polar surface area (TPSA) is 113 Å². The van der Waals surface area contributed by atoms with Gasteiger partial charge in [-0.1, -0.05) is 12.0 Å². The van der Waals surface area contributed by atoms with Gasteiger partial charge in [0, 0.05) is 24.1 Å². The second-order valence-corrected chi connectivity index (χ2v) is 7.45. The number of rotatable bonds is 4. The monoisotopic (exact) mass is 361 g/mol. The molecule has 2 aliphatic heterocycles. The van der Waals surface area contributed by atoms with Crippen molar-refractivity contribution in [3.05, 3.63) is 29.3 Å². The summed E-state index contributed by atoms with van der Waals surface area (Å²) in [7, 11) is -3.87.